The average Bonchev–Trinajstić information content (AvgIpc) is 3.01. The molecule has 1 saturated carbocycles. The molecule has 2 rings (SSSR count). The van der Waals surface area contributed by atoms with Gasteiger partial charge in [-0.2, -0.15) is 0 Å². The van der Waals surface area contributed by atoms with Crippen LogP contribution in [0.4, 0.5) is 0 Å². The van der Waals surface area contributed by atoms with Crippen LogP contribution in [0.2, 0.25) is 0 Å². The minimum atomic E-state index is -0.114. The Morgan fingerprint density at radius 2 is 2.44 bits per heavy atom. The van der Waals surface area contributed by atoms with E-state index in [-0.39, 0.29) is 11.8 Å². The SMILES string of the molecule is CC(CCl)C(=O)N(Cc1ccco1)C1CC1. The van der Waals surface area contributed by atoms with E-state index in [1.165, 1.54) is 0 Å². The van der Waals surface area contributed by atoms with Gasteiger partial charge in [-0.3, -0.25) is 4.79 Å². The van der Waals surface area contributed by atoms with Gasteiger partial charge in [-0.15, -0.1) is 11.6 Å². The van der Waals surface area contributed by atoms with Gasteiger partial charge in [0, 0.05) is 17.8 Å². The minimum Gasteiger partial charge on any atom is -0.467 e. The van der Waals surface area contributed by atoms with E-state index in [1.54, 1.807) is 6.26 Å². The van der Waals surface area contributed by atoms with Gasteiger partial charge >= 0.3 is 0 Å². The first-order chi connectivity index (χ1) is 7.72. The number of carbonyl (C=O) groups is 1. The van der Waals surface area contributed by atoms with Crippen LogP contribution in [0.15, 0.2) is 22.8 Å². The lowest BCUT2D eigenvalue weighted by atomic mass is 10.2. The summed E-state index contributed by atoms with van der Waals surface area (Å²) in [6, 6.07) is 4.13. The predicted molar refractivity (Wildman–Crippen MR) is 62.2 cm³/mol. The van der Waals surface area contributed by atoms with Gasteiger partial charge in [0.05, 0.1) is 12.8 Å². The van der Waals surface area contributed by atoms with E-state index in [2.05, 4.69) is 0 Å². The predicted octanol–water partition coefficient (Wildman–Crippen LogP) is 2.65. The molecule has 1 amide bonds. The van der Waals surface area contributed by atoms with E-state index < -0.39 is 0 Å². The summed E-state index contributed by atoms with van der Waals surface area (Å²) in [4.78, 5) is 14.0. The zero-order valence-corrected chi connectivity index (χ0v) is 10.1. The van der Waals surface area contributed by atoms with Crippen LogP contribution in [0, 0.1) is 5.92 Å². The van der Waals surface area contributed by atoms with Crippen molar-refractivity contribution in [3.05, 3.63) is 24.2 Å². The van der Waals surface area contributed by atoms with Gasteiger partial charge in [0.15, 0.2) is 0 Å². The van der Waals surface area contributed by atoms with Crippen molar-refractivity contribution in [1.82, 2.24) is 4.90 Å². The third-order valence-electron chi connectivity index (χ3n) is 2.83. The summed E-state index contributed by atoms with van der Waals surface area (Å²) in [5, 5.41) is 0. The summed E-state index contributed by atoms with van der Waals surface area (Å²) < 4.78 is 5.28. The van der Waals surface area contributed by atoms with Crippen LogP contribution >= 0.6 is 11.6 Å². The molecule has 0 saturated heterocycles. The van der Waals surface area contributed by atoms with Crippen molar-refractivity contribution in [2.24, 2.45) is 5.92 Å². The summed E-state index contributed by atoms with van der Waals surface area (Å²) in [5.41, 5.74) is 0. The van der Waals surface area contributed by atoms with Crippen LogP contribution < -0.4 is 0 Å². The molecule has 0 N–H and O–H groups in total. The number of hydrogen-bond acceptors (Lipinski definition) is 2. The third-order valence-corrected chi connectivity index (χ3v) is 3.29. The molecule has 16 heavy (non-hydrogen) atoms. The molecule has 1 atom stereocenters. The third kappa shape index (κ3) is 2.59. The molecular formula is C12H16ClNO2. The number of amides is 1. The molecule has 0 radical (unpaired) electrons. The van der Waals surface area contributed by atoms with Gasteiger partial charge in [0.2, 0.25) is 5.91 Å². The number of nitrogens with zero attached hydrogens (tertiary/aromatic N) is 1. The Labute approximate surface area is 100 Å². The van der Waals surface area contributed by atoms with Crippen molar-refractivity contribution in [1.29, 1.82) is 0 Å². The van der Waals surface area contributed by atoms with Gasteiger partial charge in [-0.1, -0.05) is 6.92 Å². The summed E-state index contributed by atoms with van der Waals surface area (Å²) in [5.74, 6) is 1.23. The monoisotopic (exact) mass is 241 g/mol. The number of rotatable bonds is 5. The van der Waals surface area contributed by atoms with Crippen LogP contribution in [0.25, 0.3) is 0 Å². The zero-order chi connectivity index (χ0) is 11.5. The number of hydrogen-bond donors (Lipinski definition) is 0. The standard InChI is InChI=1S/C12H16ClNO2/c1-9(7-13)12(15)14(10-4-5-10)8-11-3-2-6-16-11/h2-3,6,9-10H,4-5,7-8H2,1H3. The largest absolute Gasteiger partial charge is 0.467 e. The Bertz CT molecular complexity index is 346. The number of alkyl halides is 1. The Balaban J connectivity index is 2.02. The topological polar surface area (TPSA) is 33.5 Å². The fraction of sp³-hybridized carbons (Fsp3) is 0.583. The summed E-state index contributed by atoms with van der Waals surface area (Å²) >= 11 is 5.73. The lowest BCUT2D eigenvalue weighted by Crippen LogP contribution is -2.37. The molecule has 1 aromatic heterocycles. The van der Waals surface area contributed by atoms with Crippen molar-refractivity contribution in [2.75, 3.05) is 5.88 Å². The van der Waals surface area contributed by atoms with E-state index in [1.807, 2.05) is 24.0 Å². The van der Waals surface area contributed by atoms with E-state index >= 15 is 0 Å². The van der Waals surface area contributed by atoms with Crippen LogP contribution in [-0.2, 0) is 11.3 Å². The van der Waals surface area contributed by atoms with Crippen LogP contribution in [0.3, 0.4) is 0 Å². The van der Waals surface area contributed by atoms with E-state index in [0.717, 1.165) is 18.6 Å². The second-order valence-electron chi connectivity index (χ2n) is 4.33. The summed E-state index contributed by atoms with van der Waals surface area (Å²) in [6.45, 7) is 2.44. The van der Waals surface area contributed by atoms with Crippen LogP contribution in [-0.4, -0.2) is 22.7 Å². The molecule has 0 aromatic carbocycles. The molecule has 4 heteroatoms. The van der Waals surface area contributed by atoms with Crippen LogP contribution in [0.1, 0.15) is 25.5 Å². The molecule has 0 bridgehead atoms. The maximum atomic E-state index is 12.1. The van der Waals surface area contributed by atoms with Crippen LogP contribution in [0.5, 0.6) is 0 Å². The summed E-state index contributed by atoms with van der Waals surface area (Å²) in [7, 11) is 0. The fourth-order valence-electron chi connectivity index (χ4n) is 1.69. The van der Waals surface area contributed by atoms with E-state index in [0.29, 0.717) is 18.5 Å². The number of furan rings is 1. The fourth-order valence-corrected chi connectivity index (χ4v) is 1.82. The van der Waals surface area contributed by atoms with Crippen molar-refractivity contribution < 1.29 is 9.21 Å². The second kappa shape index (κ2) is 4.91. The van der Waals surface area contributed by atoms with E-state index in [9.17, 15) is 4.79 Å². The summed E-state index contributed by atoms with van der Waals surface area (Å²) in [6.07, 6.45) is 3.83. The van der Waals surface area contributed by atoms with Crippen molar-refractivity contribution >= 4 is 17.5 Å². The van der Waals surface area contributed by atoms with Gasteiger partial charge in [0.1, 0.15) is 5.76 Å². The normalized spacial score (nSPS) is 17.1. The highest BCUT2D eigenvalue weighted by molar-refractivity contribution is 6.19. The lowest BCUT2D eigenvalue weighted by Gasteiger charge is -2.23. The molecule has 1 heterocycles. The second-order valence-corrected chi connectivity index (χ2v) is 4.64. The van der Waals surface area contributed by atoms with Gasteiger partial charge in [0.25, 0.3) is 0 Å². The first-order valence-corrected chi connectivity index (χ1v) is 6.14. The number of halogens is 1. The van der Waals surface area contributed by atoms with Crippen molar-refractivity contribution in [3.63, 3.8) is 0 Å². The first kappa shape index (κ1) is 11.5. The Morgan fingerprint density at radius 3 is 2.94 bits per heavy atom. The first-order valence-electron chi connectivity index (χ1n) is 5.61. The lowest BCUT2D eigenvalue weighted by molar-refractivity contribution is -0.135. The molecule has 0 spiro atoms. The average molecular weight is 242 g/mol. The highest BCUT2D eigenvalue weighted by atomic mass is 35.5. The van der Waals surface area contributed by atoms with Gasteiger partial charge < -0.3 is 9.32 Å². The molecular weight excluding hydrogens is 226 g/mol. The van der Waals surface area contributed by atoms with Crippen molar-refractivity contribution in [2.45, 2.75) is 32.4 Å². The maximum Gasteiger partial charge on any atom is 0.227 e. The molecule has 1 aliphatic carbocycles. The van der Waals surface area contributed by atoms with Gasteiger partial charge in [-0.05, 0) is 25.0 Å². The number of carbonyl (C=O) groups excluding carboxylic acids is 1. The molecule has 0 aliphatic heterocycles. The Kier molecular flexibility index (Phi) is 3.54. The van der Waals surface area contributed by atoms with E-state index in [4.69, 9.17) is 16.0 Å². The molecule has 88 valence electrons. The Morgan fingerprint density at radius 1 is 1.69 bits per heavy atom. The molecule has 1 aromatic rings. The minimum absolute atomic E-state index is 0.114. The highest BCUT2D eigenvalue weighted by Gasteiger charge is 2.34. The quantitative estimate of drug-likeness (QED) is 0.743. The Hall–Kier alpha value is -0.960. The molecule has 3 nitrogen and oxygen atoms in total. The molecule has 1 aliphatic rings. The van der Waals surface area contributed by atoms with Gasteiger partial charge in [-0.25, -0.2) is 0 Å². The molecule has 1 fully saturated rings. The van der Waals surface area contributed by atoms with Crippen molar-refractivity contribution in [3.8, 4) is 0 Å². The molecule has 1 unspecified atom stereocenters. The highest BCUT2D eigenvalue weighted by Crippen LogP contribution is 2.29. The smallest absolute Gasteiger partial charge is 0.227 e. The zero-order valence-electron chi connectivity index (χ0n) is 9.36. The maximum absolute atomic E-state index is 12.1.